The van der Waals surface area contributed by atoms with Gasteiger partial charge in [0.2, 0.25) is 5.71 Å². The first-order chi connectivity index (χ1) is 46.9. The molecule has 21 heteroatoms. The fourth-order valence-electron chi connectivity index (χ4n) is 10.6. The number of rotatable bonds is 12. The summed E-state index contributed by atoms with van der Waals surface area (Å²) in [6.07, 6.45) is 0. The first kappa shape index (κ1) is 68.1. The van der Waals surface area contributed by atoms with Crippen molar-refractivity contribution in [2.45, 2.75) is 47.6 Å². The van der Waals surface area contributed by atoms with Gasteiger partial charge in [-0.3, -0.25) is 0 Å². The first-order valence-electron chi connectivity index (χ1n) is 30.3. The molecule has 0 amide bonds. The van der Waals surface area contributed by atoms with Gasteiger partial charge in [0.15, 0.2) is 10.9 Å². The molecule has 18 rings (SSSR count). The third-order valence-electron chi connectivity index (χ3n) is 15.5. The van der Waals surface area contributed by atoms with Crippen LogP contribution in [0.2, 0.25) is 0 Å². The highest BCUT2D eigenvalue weighted by molar-refractivity contribution is 7.27. The van der Waals surface area contributed by atoms with Crippen LogP contribution in [0.15, 0.2) is 267 Å². The van der Waals surface area contributed by atoms with Crippen LogP contribution in [0.5, 0.6) is 0 Å². The van der Waals surface area contributed by atoms with Crippen LogP contribution < -0.4 is 5.10 Å². The number of hydrazone groups is 1. The zero-order chi connectivity index (χ0) is 65.9. The molecule has 0 spiro atoms. The lowest BCUT2D eigenvalue weighted by Gasteiger charge is -2.21. The van der Waals surface area contributed by atoms with Crippen molar-refractivity contribution >= 4 is 199 Å². The van der Waals surface area contributed by atoms with Crippen molar-refractivity contribution in [2.24, 2.45) is 36.7 Å². The molecule has 0 fully saturated rings. The van der Waals surface area contributed by atoms with Gasteiger partial charge in [-0.15, -0.1) is 164 Å². The van der Waals surface area contributed by atoms with Crippen LogP contribution in [0.1, 0.15) is 76.8 Å². The monoisotopic (exact) mass is 1530 g/mol. The second-order valence-corrected chi connectivity index (χ2v) is 37.8. The third-order valence-corrected chi connectivity index (χ3v) is 30.6. The molecule has 1 unspecified atom stereocenters. The maximum atomic E-state index is 4.52. The highest BCUT2D eigenvalue weighted by Crippen LogP contribution is 2.45. The summed E-state index contributed by atoms with van der Waals surface area (Å²) in [6, 6.07) is 64.4. The Morgan fingerprint density at radius 3 is 1.04 bits per heavy atom. The van der Waals surface area contributed by atoms with Crippen molar-refractivity contribution in [1.29, 1.82) is 0 Å². The molecule has 3 aliphatic heterocycles. The molecule has 96 heavy (non-hydrogen) atoms. The Labute approximate surface area is 620 Å². The van der Waals surface area contributed by atoms with Crippen molar-refractivity contribution in [1.82, 2.24) is 0 Å². The van der Waals surface area contributed by atoms with Gasteiger partial charge in [-0.2, -0.15) is 10.2 Å². The SMILES string of the molecule is CC1(C)C(c2cccs2)=NN=C1c1cccs1.CC1(C)C(c2cccs2)=N[NH+]=C1c1cccs1.CC1(C)C(c2cccs2)=[N+]=NC1c1cccs1.c1csc(-c2ccc(-c3ccc[sH+]3)s2)c1.c1csc(-c2ccc(-c3cccs3)s2)c1.c1csc(-c2ccc(-c3cccs3)s2)c1. The average Bonchev–Trinajstić information content (AvgIpc) is 1.63. The summed E-state index contributed by atoms with van der Waals surface area (Å²) >= 11 is 26.4. The predicted molar refractivity (Wildman–Crippen MR) is 436 cm³/mol. The van der Waals surface area contributed by atoms with E-state index in [1.165, 1.54) is 105 Å². The molecule has 0 bridgehead atoms. The average molecular weight is 1530 g/mol. The summed E-state index contributed by atoms with van der Waals surface area (Å²) in [5.41, 5.74) is 5.45. The van der Waals surface area contributed by atoms with E-state index in [0.29, 0.717) is 0 Å². The minimum atomic E-state index is -0.101. The van der Waals surface area contributed by atoms with Gasteiger partial charge < -0.3 is 0 Å². The Kier molecular flexibility index (Phi) is 22.4. The number of nitrogens with one attached hydrogen (secondary N) is 1. The van der Waals surface area contributed by atoms with Gasteiger partial charge in [0.1, 0.15) is 26.8 Å². The van der Waals surface area contributed by atoms with E-state index in [-0.39, 0.29) is 22.3 Å². The number of nitrogens with zero attached hydrogens (tertiary/aromatic N) is 5. The van der Waals surface area contributed by atoms with Gasteiger partial charge in [0.05, 0.1) is 51.1 Å². The van der Waals surface area contributed by atoms with E-state index < -0.39 is 0 Å². The summed E-state index contributed by atoms with van der Waals surface area (Å²) in [5.74, 6) is 0. The summed E-state index contributed by atoms with van der Waals surface area (Å²) in [4.78, 5) is 28.4. The van der Waals surface area contributed by atoms with Crippen molar-refractivity contribution in [3.05, 3.63) is 276 Å². The molecule has 0 radical (unpaired) electrons. The zero-order valence-electron chi connectivity index (χ0n) is 52.7. The minimum Gasteiger partial charge on any atom is -0.153 e. The van der Waals surface area contributed by atoms with E-state index in [0.717, 1.165) is 22.8 Å². The van der Waals surface area contributed by atoms with Gasteiger partial charge in [-0.05, 0) is 226 Å². The van der Waals surface area contributed by atoms with E-state index in [9.17, 15) is 0 Å². The van der Waals surface area contributed by atoms with Gasteiger partial charge in [0.25, 0.3) is 0 Å². The van der Waals surface area contributed by atoms with Crippen LogP contribution in [0.25, 0.3) is 58.5 Å². The maximum Gasteiger partial charge on any atom is 0.366 e. The topological polar surface area (TPSA) is 77.5 Å². The van der Waals surface area contributed by atoms with Crippen molar-refractivity contribution in [3.8, 4) is 58.5 Å². The fraction of sp³-hybridized carbons (Fsp3) is 0.133. The smallest absolute Gasteiger partial charge is 0.153 e. The van der Waals surface area contributed by atoms with Gasteiger partial charge in [0, 0.05) is 59.7 Å². The molecule has 1 atom stereocenters. The Hall–Kier alpha value is -6.44. The van der Waals surface area contributed by atoms with Crippen LogP contribution >= 0.6 is 170 Å². The summed E-state index contributed by atoms with van der Waals surface area (Å²) in [6.45, 7) is 13.3. The molecule has 6 nitrogen and oxygen atoms in total. The Morgan fingerprint density at radius 1 is 0.333 bits per heavy atom. The lowest BCUT2D eigenvalue weighted by molar-refractivity contribution is -0.459. The molecule has 1 N–H and O–H groups in total. The van der Waals surface area contributed by atoms with Crippen molar-refractivity contribution < 1.29 is 9.89 Å². The summed E-state index contributed by atoms with van der Waals surface area (Å²) in [5, 5.41) is 46.3. The molecule has 18 heterocycles. The quantitative estimate of drug-likeness (QED) is 0.0935. The standard InChI is InChI=1S/C13H13N2S2.2C13H12N2S2.3C12H8S3/c3*1-13(2)11(9-5-3-7-16-9)14-15-12(13)10-6-4-8-17-10;3*1-3-9(13-7-1)11-5-6-12(15-11)10-4-2-8-14-10/h3-8,11H,1-2H3;2*3-8H,1-2H3;3*1-8H/q+1;;;;;/p+2. The second-order valence-electron chi connectivity index (χ2n) is 23.1. The molecule has 480 valence electrons. The van der Waals surface area contributed by atoms with Gasteiger partial charge >= 0.3 is 5.71 Å². The molecule has 15 aromatic heterocycles. The number of hydrogen-bond acceptors (Lipinski definition) is 18. The minimum absolute atomic E-state index is 0.0181. The second kappa shape index (κ2) is 31.6. The molecule has 0 aliphatic carbocycles. The van der Waals surface area contributed by atoms with Gasteiger partial charge in [-0.1, -0.05) is 66.7 Å². The highest BCUT2D eigenvalue weighted by Gasteiger charge is 2.51. The van der Waals surface area contributed by atoms with Crippen LogP contribution in [0.4, 0.5) is 0 Å². The van der Waals surface area contributed by atoms with Crippen LogP contribution in [0.3, 0.4) is 0 Å². The normalized spacial score (nSPS) is 15.2. The molecule has 15 aromatic rings. The van der Waals surface area contributed by atoms with E-state index >= 15 is 0 Å². The molecule has 0 aromatic carbocycles. The third kappa shape index (κ3) is 15.8. The van der Waals surface area contributed by atoms with Crippen LogP contribution in [-0.4, -0.2) is 33.3 Å². The maximum absolute atomic E-state index is 4.52. The molecular formula is C75H63N6S15+3. The Balaban J connectivity index is 0.000000104. The van der Waals surface area contributed by atoms with Crippen LogP contribution in [-0.2, 0) is 0 Å². The molecule has 3 aliphatic rings. The van der Waals surface area contributed by atoms with Crippen molar-refractivity contribution in [2.75, 3.05) is 0 Å². The summed E-state index contributed by atoms with van der Waals surface area (Å²) in [7, 11) is 0. The Morgan fingerprint density at radius 2 is 0.677 bits per heavy atom. The van der Waals surface area contributed by atoms with Crippen molar-refractivity contribution in [3.63, 3.8) is 0 Å². The molecule has 0 saturated heterocycles. The van der Waals surface area contributed by atoms with E-state index in [1.54, 1.807) is 125 Å². The predicted octanol–water partition coefficient (Wildman–Crippen LogP) is 25.6. The number of thiophene rings is 15. The summed E-state index contributed by atoms with van der Waals surface area (Å²) < 4.78 is 0. The largest absolute Gasteiger partial charge is 0.366 e. The molecular weight excluding hydrogens is 1470 g/mol. The lowest BCUT2D eigenvalue weighted by Crippen LogP contribution is -2.65. The zero-order valence-corrected chi connectivity index (χ0v) is 65.1. The van der Waals surface area contributed by atoms with Crippen LogP contribution in [0, 0.1) is 16.2 Å². The Bertz CT molecular complexity index is 4350. The van der Waals surface area contributed by atoms with E-state index in [4.69, 9.17) is 0 Å². The fourth-order valence-corrected chi connectivity index (χ4v) is 24.0. The number of hydrogen-bond donors (Lipinski definition) is 1. The first-order valence-corrected chi connectivity index (χ1v) is 43.4. The highest BCUT2D eigenvalue weighted by atomic mass is 32.2. The van der Waals surface area contributed by atoms with Gasteiger partial charge in [-0.25, -0.2) is 0 Å². The van der Waals surface area contributed by atoms with E-state index in [2.05, 4.69) is 318 Å². The van der Waals surface area contributed by atoms with E-state index in [1.807, 2.05) is 34.0 Å². The molecule has 0 saturated carbocycles. The lowest BCUT2D eigenvalue weighted by atomic mass is 9.79.